The number of hydrogen-bond donors (Lipinski definition) is 0. The fourth-order valence-corrected chi connectivity index (χ4v) is 7.68. The number of fused-ring (bicyclic) bond motifs is 7. The Bertz CT molecular complexity index is 3880. The molecule has 53 heavy (non-hydrogen) atoms. The Morgan fingerprint density at radius 1 is 0.340 bits per heavy atom. The summed E-state index contributed by atoms with van der Waals surface area (Å²) in [6, 6.07) is 29.8. The number of benzene rings is 10. The van der Waals surface area contributed by atoms with E-state index in [1.807, 2.05) is 54.6 Å². The normalized spacial score (nSPS) is 15.2. The van der Waals surface area contributed by atoms with Gasteiger partial charge in [-0.3, -0.25) is 0 Å². The molecule has 1 aromatic heterocycles. The van der Waals surface area contributed by atoms with E-state index in [2.05, 4.69) is 48.5 Å². The van der Waals surface area contributed by atoms with Crippen molar-refractivity contribution < 1.29 is 22.2 Å². The zero-order chi connectivity index (χ0) is 46.2. The highest BCUT2D eigenvalue weighted by atomic mass is 16.3. The minimum atomic E-state index is -0.713. The Balaban J connectivity index is 1.12. The molecule has 0 aliphatic heterocycles. The van der Waals surface area contributed by atoms with Crippen LogP contribution >= 0.6 is 0 Å². The quantitative estimate of drug-likeness (QED) is 0.168. The van der Waals surface area contributed by atoms with Gasteiger partial charge in [-0.25, -0.2) is 0 Å². The predicted molar refractivity (Wildman–Crippen MR) is 225 cm³/mol. The second kappa shape index (κ2) is 11.8. The van der Waals surface area contributed by atoms with Crippen LogP contribution in [-0.4, -0.2) is 0 Å². The van der Waals surface area contributed by atoms with E-state index in [0.29, 0.717) is 10.9 Å². The lowest BCUT2D eigenvalue weighted by atomic mass is 9.85. The first kappa shape index (κ1) is 19.6. The Morgan fingerprint density at radius 2 is 0.868 bits per heavy atom. The van der Waals surface area contributed by atoms with Crippen LogP contribution in [0.5, 0.6) is 0 Å². The van der Waals surface area contributed by atoms with E-state index < -0.39 is 84.1 Å². The molecule has 11 aromatic rings. The van der Waals surface area contributed by atoms with Crippen LogP contribution < -0.4 is 0 Å². The van der Waals surface area contributed by atoms with Crippen LogP contribution in [-0.2, 0) is 0 Å². The maximum absolute atomic E-state index is 9.28. The molecule has 0 saturated carbocycles. The molecule has 11 rings (SSSR count). The first-order valence-corrected chi connectivity index (χ1v) is 17.2. The van der Waals surface area contributed by atoms with Crippen LogP contribution in [0.2, 0.25) is 0 Å². The number of hydrogen-bond acceptors (Lipinski definition) is 1. The zero-order valence-corrected chi connectivity index (χ0v) is 27.9. The third-order valence-corrected chi connectivity index (χ3v) is 10.1. The second-order valence-electron chi connectivity index (χ2n) is 13.1. The summed E-state index contributed by atoms with van der Waals surface area (Å²) in [5.41, 5.74) is 5.02. The molecule has 0 radical (unpaired) electrons. The summed E-state index contributed by atoms with van der Waals surface area (Å²) in [6.45, 7) is 0. The van der Waals surface area contributed by atoms with Crippen molar-refractivity contribution in [2.24, 2.45) is 0 Å². The molecular weight excluding hydrogens is 641 g/mol. The van der Waals surface area contributed by atoms with Crippen LogP contribution in [0.15, 0.2) is 198 Å². The fourth-order valence-electron chi connectivity index (χ4n) is 7.68. The summed E-state index contributed by atoms with van der Waals surface area (Å²) in [5.74, 6) is 0. The summed E-state index contributed by atoms with van der Waals surface area (Å²) < 4.78 is 122. The molecule has 0 N–H and O–H groups in total. The third kappa shape index (κ3) is 4.79. The molecule has 0 fully saturated rings. The molecule has 0 unspecified atom stereocenters. The molecule has 0 aliphatic carbocycles. The molecule has 0 saturated heterocycles. The highest BCUT2D eigenvalue weighted by molar-refractivity contribution is 6.22. The van der Waals surface area contributed by atoms with Crippen molar-refractivity contribution in [2.75, 3.05) is 0 Å². The van der Waals surface area contributed by atoms with Crippen molar-refractivity contribution in [3.05, 3.63) is 194 Å². The van der Waals surface area contributed by atoms with Crippen molar-refractivity contribution in [3.63, 3.8) is 0 Å². The van der Waals surface area contributed by atoms with Gasteiger partial charge < -0.3 is 4.42 Å². The lowest BCUT2D eigenvalue weighted by molar-refractivity contribution is 0.670. The lowest BCUT2D eigenvalue weighted by Gasteiger charge is -2.18. The molecule has 1 heteroatoms. The Kier molecular flexibility index (Phi) is 4.36. The topological polar surface area (TPSA) is 13.1 Å². The van der Waals surface area contributed by atoms with E-state index in [1.54, 1.807) is 12.1 Å². The molecule has 0 bridgehead atoms. The molecule has 246 valence electrons. The summed E-state index contributed by atoms with van der Waals surface area (Å²) in [4.78, 5) is 0. The van der Waals surface area contributed by atoms with E-state index in [-0.39, 0.29) is 32.7 Å². The van der Waals surface area contributed by atoms with Crippen molar-refractivity contribution in [3.8, 4) is 44.5 Å². The number of rotatable bonds is 4. The minimum Gasteiger partial charge on any atom is -0.455 e. The van der Waals surface area contributed by atoms with Gasteiger partial charge in [-0.1, -0.05) is 163 Å². The largest absolute Gasteiger partial charge is 0.455 e. The SMILES string of the molecule is [2H]c1c([2H])c([2H])c(-c2c3c([2H])c([2H])c([2H])c([2H])c3c(-c3ccc4cc(-c5cccc6c5oc5cc(-c7ccc8ccccc8c7)ccc56)ccc4c3)c3c([2H])c([2H])c([2H])c([2H])c23)c([2H])c1[2H]. The van der Waals surface area contributed by atoms with Gasteiger partial charge in [-0.15, -0.1) is 0 Å². The van der Waals surface area contributed by atoms with Gasteiger partial charge in [-0.2, -0.15) is 0 Å². The predicted octanol–water partition coefficient (Wildman–Crippen LogP) is 14.9. The van der Waals surface area contributed by atoms with E-state index in [1.165, 1.54) is 5.39 Å². The van der Waals surface area contributed by atoms with Crippen molar-refractivity contribution in [2.45, 2.75) is 0 Å². The molecule has 0 aliphatic rings. The number of furan rings is 1. The molecule has 10 aromatic carbocycles. The average molecular weight is 686 g/mol. The molecule has 0 amide bonds. The average Bonchev–Trinajstić information content (AvgIpc) is 3.72. The van der Waals surface area contributed by atoms with Gasteiger partial charge in [0.2, 0.25) is 0 Å². The van der Waals surface area contributed by atoms with Crippen molar-refractivity contribution >= 4 is 65.0 Å². The Morgan fingerprint density at radius 3 is 1.60 bits per heavy atom. The van der Waals surface area contributed by atoms with Crippen LogP contribution in [0.4, 0.5) is 0 Å². The van der Waals surface area contributed by atoms with E-state index >= 15 is 0 Å². The van der Waals surface area contributed by atoms with Gasteiger partial charge in [0.05, 0.1) is 17.8 Å². The van der Waals surface area contributed by atoms with Crippen LogP contribution in [0, 0.1) is 0 Å². The van der Waals surface area contributed by atoms with Crippen molar-refractivity contribution in [1.82, 2.24) is 0 Å². The summed E-state index contributed by atoms with van der Waals surface area (Å²) in [5, 5.41) is 5.03. The molecular formula is C52H32O. The minimum absolute atomic E-state index is 0.0798. The molecule has 1 nitrogen and oxygen atoms in total. The maximum Gasteiger partial charge on any atom is 0.143 e. The van der Waals surface area contributed by atoms with E-state index in [0.717, 1.165) is 55.0 Å². The highest BCUT2D eigenvalue weighted by Gasteiger charge is 2.18. The monoisotopic (exact) mass is 685 g/mol. The smallest absolute Gasteiger partial charge is 0.143 e. The Hall–Kier alpha value is -6.96. The molecule has 1 heterocycles. The Labute approximate surface area is 325 Å². The first-order valence-electron chi connectivity index (χ1n) is 23.7. The molecule has 0 spiro atoms. The summed E-state index contributed by atoms with van der Waals surface area (Å²) in [6.07, 6.45) is 0. The van der Waals surface area contributed by atoms with Crippen molar-refractivity contribution in [1.29, 1.82) is 0 Å². The standard InChI is InChI=1S/C52H32O/c1-2-12-34(13-3-1)50-44-15-6-8-17-46(44)51(47-18-9-7-16-45(47)50)41-26-24-37-30-40(25-23-38(37)31-41)42-19-10-20-48-43-28-27-39(32-49(43)53-52(42)48)36-22-21-33-11-4-5-14-35(33)29-36/h1-32H/i1D,2D,3D,6D,7D,8D,9D,12D,13D,15D,16D,17D,18D. The zero-order valence-electron chi connectivity index (χ0n) is 40.9. The van der Waals surface area contributed by atoms with Gasteiger partial charge >= 0.3 is 0 Å². The highest BCUT2D eigenvalue weighted by Crippen LogP contribution is 2.44. The summed E-state index contributed by atoms with van der Waals surface area (Å²) in [7, 11) is 0. The van der Waals surface area contributed by atoms with Gasteiger partial charge in [0, 0.05) is 16.3 Å². The van der Waals surface area contributed by atoms with Gasteiger partial charge in [-0.05, 0) is 112 Å². The fraction of sp³-hybridized carbons (Fsp3) is 0. The van der Waals surface area contributed by atoms with E-state index in [4.69, 9.17) is 16.8 Å². The molecule has 0 atom stereocenters. The lowest BCUT2D eigenvalue weighted by Crippen LogP contribution is -1.90. The number of para-hydroxylation sites is 1. The second-order valence-corrected chi connectivity index (χ2v) is 13.1. The third-order valence-electron chi connectivity index (χ3n) is 10.1. The van der Waals surface area contributed by atoms with Gasteiger partial charge in [0.15, 0.2) is 0 Å². The van der Waals surface area contributed by atoms with Gasteiger partial charge in [0.1, 0.15) is 11.2 Å². The maximum atomic E-state index is 9.28. The van der Waals surface area contributed by atoms with Crippen LogP contribution in [0.25, 0.3) is 110 Å². The van der Waals surface area contributed by atoms with Crippen LogP contribution in [0.1, 0.15) is 17.8 Å². The summed E-state index contributed by atoms with van der Waals surface area (Å²) >= 11 is 0. The van der Waals surface area contributed by atoms with Crippen LogP contribution in [0.3, 0.4) is 0 Å². The van der Waals surface area contributed by atoms with E-state index in [9.17, 15) is 5.48 Å². The van der Waals surface area contributed by atoms with Gasteiger partial charge in [0.25, 0.3) is 0 Å². The first-order chi connectivity index (χ1) is 31.7.